The molecule has 0 atom stereocenters. The van der Waals surface area contributed by atoms with Gasteiger partial charge in [0.05, 0.1) is 37.2 Å². The average Bonchev–Trinajstić information content (AvgIpc) is 3.09. The lowest BCUT2D eigenvalue weighted by molar-refractivity contribution is 0.0374. The molecule has 2 heterocycles. The summed E-state index contributed by atoms with van der Waals surface area (Å²) in [5.41, 5.74) is 2.86. The minimum atomic E-state index is -0.0249. The van der Waals surface area contributed by atoms with Crippen LogP contribution in [0.4, 0.5) is 0 Å². The number of carbonyl (C=O) groups is 1. The lowest BCUT2D eigenvalue weighted by Gasteiger charge is -2.26. The van der Waals surface area contributed by atoms with Crippen molar-refractivity contribution in [3.8, 4) is 0 Å². The smallest absolute Gasteiger partial charge is 0.254 e. The van der Waals surface area contributed by atoms with Gasteiger partial charge in [0.1, 0.15) is 0 Å². The van der Waals surface area contributed by atoms with Gasteiger partial charge in [0, 0.05) is 19.6 Å². The van der Waals surface area contributed by atoms with Gasteiger partial charge in [0.2, 0.25) is 0 Å². The molecule has 26 heavy (non-hydrogen) atoms. The van der Waals surface area contributed by atoms with Crippen LogP contribution in [0.5, 0.6) is 0 Å². The molecule has 0 radical (unpaired) electrons. The van der Waals surface area contributed by atoms with Crippen LogP contribution >= 0.6 is 0 Å². The third-order valence-corrected chi connectivity index (χ3v) is 4.74. The summed E-state index contributed by atoms with van der Waals surface area (Å²) < 4.78 is 7.28. The van der Waals surface area contributed by atoms with Crippen molar-refractivity contribution in [3.63, 3.8) is 0 Å². The first-order valence-electron chi connectivity index (χ1n) is 9.45. The van der Waals surface area contributed by atoms with E-state index in [-0.39, 0.29) is 5.91 Å². The van der Waals surface area contributed by atoms with Gasteiger partial charge < -0.3 is 10.1 Å². The normalized spacial score (nSPS) is 15.1. The van der Waals surface area contributed by atoms with Crippen molar-refractivity contribution in [1.29, 1.82) is 0 Å². The zero-order chi connectivity index (χ0) is 18.2. The molecule has 0 aliphatic carbocycles. The maximum Gasteiger partial charge on any atom is 0.254 e. The molecule has 6 nitrogen and oxygen atoms in total. The van der Waals surface area contributed by atoms with Crippen LogP contribution in [0.3, 0.4) is 0 Å². The number of amides is 1. The van der Waals surface area contributed by atoms with Gasteiger partial charge in [-0.2, -0.15) is 5.10 Å². The van der Waals surface area contributed by atoms with Crippen molar-refractivity contribution >= 4 is 5.91 Å². The number of hydrogen-bond donors (Lipinski definition) is 1. The van der Waals surface area contributed by atoms with E-state index in [0.717, 1.165) is 51.4 Å². The van der Waals surface area contributed by atoms with E-state index in [0.29, 0.717) is 18.7 Å². The number of aromatic nitrogens is 2. The van der Waals surface area contributed by atoms with Crippen LogP contribution in [0.15, 0.2) is 36.5 Å². The summed E-state index contributed by atoms with van der Waals surface area (Å²) in [5, 5.41) is 7.48. The number of nitrogens with one attached hydrogen (secondary N) is 1. The lowest BCUT2D eigenvalue weighted by Crippen LogP contribution is -2.38. The molecule has 0 unspecified atom stereocenters. The van der Waals surface area contributed by atoms with Crippen LogP contribution in [0.2, 0.25) is 0 Å². The van der Waals surface area contributed by atoms with Gasteiger partial charge in [-0.15, -0.1) is 0 Å². The Morgan fingerprint density at radius 1 is 1.23 bits per heavy atom. The highest BCUT2D eigenvalue weighted by atomic mass is 16.5. The van der Waals surface area contributed by atoms with Crippen LogP contribution in [0.25, 0.3) is 0 Å². The fourth-order valence-electron chi connectivity index (χ4n) is 3.29. The van der Waals surface area contributed by atoms with E-state index >= 15 is 0 Å². The van der Waals surface area contributed by atoms with Crippen LogP contribution in [0.1, 0.15) is 35.0 Å². The van der Waals surface area contributed by atoms with Crippen LogP contribution in [0, 0.1) is 0 Å². The van der Waals surface area contributed by atoms with Crippen molar-refractivity contribution < 1.29 is 9.53 Å². The summed E-state index contributed by atoms with van der Waals surface area (Å²) >= 11 is 0. The topological polar surface area (TPSA) is 59.4 Å². The van der Waals surface area contributed by atoms with Gasteiger partial charge in [-0.05, 0) is 24.9 Å². The summed E-state index contributed by atoms with van der Waals surface area (Å²) in [4.78, 5) is 14.9. The van der Waals surface area contributed by atoms with Crippen molar-refractivity contribution in [2.24, 2.45) is 0 Å². The molecule has 1 aromatic carbocycles. The largest absolute Gasteiger partial charge is 0.379 e. The zero-order valence-electron chi connectivity index (χ0n) is 15.5. The number of ether oxygens (including phenoxy) is 1. The Balaban J connectivity index is 1.52. The maximum atomic E-state index is 12.5. The Hall–Kier alpha value is -2.18. The van der Waals surface area contributed by atoms with Gasteiger partial charge in [-0.25, -0.2) is 0 Å². The Morgan fingerprint density at radius 2 is 2.00 bits per heavy atom. The second kappa shape index (κ2) is 9.50. The van der Waals surface area contributed by atoms with E-state index in [9.17, 15) is 4.79 Å². The van der Waals surface area contributed by atoms with Crippen LogP contribution in [-0.2, 0) is 17.7 Å². The van der Waals surface area contributed by atoms with Crippen molar-refractivity contribution in [3.05, 3.63) is 53.3 Å². The Morgan fingerprint density at radius 3 is 2.73 bits per heavy atom. The summed E-state index contributed by atoms with van der Waals surface area (Å²) in [6, 6.07) is 10.2. The highest BCUT2D eigenvalue weighted by molar-refractivity contribution is 5.95. The highest BCUT2D eigenvalue weighted by Gasteiger charge is 2.16. The van der Waals surface area contributed by atoms with E-state index < -0.39 is 0 Å². The molecule has 1 N–H and O–H groups in total. The first-order valence-corrected chi connectivity index (χ1v) is 9.45. The Kier molecular flexibility index (Phi) is 6.80. The monoisotopic (exact) mass is 356 g/mol. The number of nitrogens with zero attached hydrogens (tertiary/aromatic N) is 3. The number of rotatable bonds is 8. The predicted molar refractivity (Wildman–Crippen MR) is 101 cm³/mol. The summed E-state index contributed by atoms with van der Waals surface area (Å²) in [6.45, 7) is 8.03. The summed E-state index contributed by atoms with van der Waals surface area (Å²) in [5.74, 6) is -0.0249. The van der Waals surface area contributed by atoms with Gasteiger partial charge >= 0.3 is 0 Å². The van der Waals surface area contributed by atoms with Crippen molar-refractivity contribution in [2.75, 3.05) is 39.4 Å². The molecule has 1 aliphatic rings. The predicted octanol–water partition coefficient (Wildman–Crippen LogP) is 1.95. The second-order valence-corrected chi connectivity index (χ2v) is 6.57. The molecule has 1 saturated heterocycles. The molecule has 3 rings (SSSR count). The fourth-order valence-corrected chi connectivity index (χ4v) is 3.29. The van der Waals surface area contributed by atoms with Crippen molar-refractivity contribution in [1.82, 2.24) is 20.0 Å². The van der Waals surface area contributed by atoms with Crippen LogP contribution < -0.4 is 5.32 Å². The van der Waals surface area contributed by atoms with Crippen molar-refractivity contribution in [2.45, 2.75) is 26.3 Å². The SMILES string of the molecule is CCc1c(C(=O)NCCCN2CCOCC2)cnn1Cc1ccccc1. The molecule has 140 valence electrons. The molecular weight excluding hydrogens is 328 g/mol. The molecule has 6 heteroatoms. The standard InChI is InChI=1S/C20H28N4O2/c1-2-19-18(15-22-24(19)16-17-7-4-3-5-8-17)20(25)21-9-6-10-23-11-13-26-14-12-23/h3-5,7-8,15H,2,6,9-14,16H2,1H3,(H,21,25). The number of benzene rings is 1. The minimum absolute atomic E-state index is 0.0249. The van der Waals surface area contributed by atoms with Crippen LogP contribution in [-0.4, -0.2) is 60.0 Å². The second-order valence-electron chi connectivity index (χ2n) is 6.57. The highest BCUT2D eigenvalue weighted by Crippen LogP contribution is 2.12. The summed E-state index contributed by atoms with van der Waals surface area (Å²) in [6.07, 6.45) is 3.42. The average molecular weight is 356 g/mol. The summed E-state index contributed by atoms with van der Waals surface area (Å²) in [7, 11) is 0. The molecule has 1 aromatic heterocycles. The maximum absolute atomic E-state index is 12.5. The Bertz CT molecular complexity index is 693. The van der Waals surface area contributed by atoms with Gasteiger partial charge in [-0.1, -0.05) is 37.3 Å². The first-order chi connectivity index (χ1) is 12.8. The van der Waals surface area contributed by atoms with E-state index in [4.69, 9.17) is 4.74 Å². The van der Waals surface area contributed by atoms with E-state index in [2.05, 4.69) is 34.4 Å². The molecular formula is C20H28N4O2. The molecule has 0 spiro atoms. The van der Waals surface area contributed by atoms with E-state index in [1.807, 2.05) is 22.9 Å². The number of carbonyl (C=O) groups excluding carboxylic acids is 1. The Labute approximate surface area is 155 Å². The zero-order valence-corrected chi connectivity index (χ0v) is 15.5. The number of morpholine rings is 1. The van der Waals surface area contributed by atoms with Gasteiger partial charge in [-0.3, -0.25) is 14.4 Å². The number of hydrogen-bond acceptors (Lipinski definition) is 4. The molecule has 0 bridgehead atoms. The van der Waals surface area contributed by atoms with Gasteiger partial charge in [0.25, 0.3) is 5.91 Å². The molecule has 1 amide bonds. The fraction of sp³-hybridized carbons (Fsp3) is 0.500. The quantitative estimate of drug-likeness (QED) is 0.735. The molecule has 0 saturated carbocycles. The van der Waals surface area contributed by atoms with Gasteiger partial charge in [0.15, 0.2) is 0 Å². The third-order valence-electron chi connectivity index (χ3n) is 4.74. The first kappa shape index (κ1) is 18.6. The van der Waals surface area contributed by atoms with E-state index in [1.54, 1.807) is 6.20 Å². The minimum Gasteiger partial charge on any atom is -0.379 e. The van der Waals surface area contributed by atoms with E-state index in [1.165, 1.54) is 5.56 Å². The molecule has 1 aliphatic heterocycles. The molecule has 2 aromatic rings. The lowest BCUT2D eigenvalue weighted by atomic mass is 10.1. The molecule has 1 fully saturated rings. The third kappa shape index (κ3) is 4.93.